The highest BCUT2D eigenvalue weighted by molar-refractivity contribution is 5.90. The molecular weight excluding hydrogens is 172 g/mol. The van der Waals surface area contributed by atoms with Crippen molar-refractivity contribution in [1.82, 2.24) is 5.32 Å². The molecule has 0 aromatic heterocycles. The Balaban J connectivity index is 0.000001000. The summed E-state index contributed by atoms with van der Waals surface area (Å²) in [5.41, 5.74) is 5.23. The zero-order chi connectivity index (χ0) is 7.72. The van der Waals surface area contributed by atoms with Gasteiger partial charge in [0.15, 0.2) is 0 Å². The number of amides is 1. The Bertz CT molecular complexity index is 185. The molecule has 0 aliphatic carbocycles. The largest absolute Gasteiger partial charge is 0.481 e. The average Bonchev–Trinajstić information content (AvgIpc) is 2.14. The van der Waals surface area contributed by atoms with Crippen LogP contribution >= 0.6 is 12.4 Å². The summed E-state index contributed by atoms with van der Waals surface area (Å²) in [6.07, 6.45) is 0. The van der Waals surface area contributed by atoms with Crippen LogP contribution < -0.4 is 11.1 Å². The maximum Gasteiger partial charge on any atom is 0.310 e. The predicted molar refractivity (Wildman–Crippen MR) is 39.4 cm³/mol. The molecule has 1 heterocycles. The van der Waals surface area contributed by atoms with Gasteiger partial charge >= 0.3 is 5.97 Å². The number of nitrogens with one attached hydrogen (secondary N) is 1. The topological polar surface area (TPSA) is 92.4 Å². The monoisotopic (exact) mass is 180 g/mol. The van der Waals surface area contributed by atoms with E-state index in [1.165, 1.54) is 0 Å². The molecule has 6 heteroatoms. The number of rotatable bonds is 1. The SMILES string of the molecule is Cl.NC1C(=O)NCC1C(=O)O. The lowest BCUT2D eigenvalue weighted by atomic mass is 10.1. The summed E-state index contributed by atoms with van der Waals surface area (Å²) in [6, 6.07) is -0.877. The maximum atomic E-state index is 10.6. The number of carbonyl (C=O) groups excluding carboxylic acids is 1. The second kappa shape index (κ2) is 3.54. The second-order valence-electron chi connectivity index (χ2n) is 2.22. The summed E-state index contributed by atoms with van der Waals surface area (Å²) >= 11 is 0. The molecule has 0 aromatic rings. The molecule has 0 spiro atoms. The van der Waals surface area contributed by atoms with Crippen LogP contribution in [0.15, 0.2) is 0 Å². The fourth-order valence-corrected chi connectivity index (χ4v) is 0.879. The molecule has 11 heavy (non-hydrogen) atoms. The standard InChI is InChI=1S/C5H8N2O3.ClH/c6-3-2(5(9)10)1-7-4(3)8;/h2-3H,1,6H2,(H,7,8)(H,9,10);1H. The van der Waals surface area contributed by atoms with E-state index in [1.807, 2.05) is 0 Å². The number of carboxylic acids is 1. The van der Waals surface area contributed by atoms with Crippen LogP contribution in [0.2, 0.25) is 0 Å². The third-order valence-corrected chi connectivity index (χ3v) is 1.55. The molecule has 4 N–H and O–H groups in total. The van der Waals surface area contributed by atoms with Gasteiger partial charge in [-0.3, -0.25) is 9.59 Å². The maximum absolute atomic E-state index is 10.6. The van der Waals surface area contributed by atoms with Crippen molar-refractivity contribution < 1.29 is 14.7 Å². The van der Waals surface area contributed by atoms with Crippen molar-refractivity contribution in [3.8, 4) is 0 Å². The molecular formula is C5H9ClN2O3. The van der Waals surface area contributed by atoms with E-state index in [-0.39, 0.29) is 24.9 Å². The lowest BCUT2D eigenvalue weighted by molar-refractivity contribution is -0.142. The minimum atomic E-state index is -1.02. The van der Waals surface area contributed by atoms with Crippen molar-refractivity contribution in [3.63, 3.8) is 0 Å². The highest BCUT2D eigenvalue weighted by Gasteiger charge is 2.36. The quantitative estimate of drug-likeness (QED) is 0.461. The number of halogens is 1. The summed E-state index contributed by atoms with van der Waals surface area (Å²) in [6.45, 7) is 0.148. The lowest BCUT2D eigenvalue weighted by Gasteiger charge is -2.04. The van der Waals surface area contributed by atoms with Gasteiger partial charge in [0.1, 0.15) is 0 Å². The van der Waals surface area contributed by atoms with Crippen molar-refractivity contribution in [1.29, 1.82) is 0 Å². The van der Waals surface area contributed by atoms with Gasteiger partial charge in [-0.1, -0.05) is 0 Å². The van der Waals surface area contributed by atoms with E-state index in [1.54, 1.807) is 0 Å². The van der Waals surface area contributed by atoms with E-state index >= 15 is 0 Å². The number of carbonyl (C=O) groups is 2. The predicted octanol–water partition coefficient (Wildman–Crippen LogP) is -1.43. The first-order valence-corrected chi connectivity index (χ1v) is 2.89. The van der Waals surface area contributed by atoms with Gasteiger partial charge in [-0.25, -0.2) is 0 Å². The Kier molecular flexibility index (Phi) is 3.28. The van der Waals surface area contributed by atoms with Crippen LogP contribution in [0.25, 0.3) is 0 Å². The molecule has 0 aromatic carbocycles. The van der Waals surface area contributed by atoms with E-state index in [0.29, 0.717) is 0 Å². The number of hydrogen-bond acceptors (Lipinski definition) is 3. The molecule has 1 rings (SSSR count). The molecule has 1 saturated heterocycles. The average molecular weight is 181 g/mol. The smallest absolute Gasteiger partial charge is 0.310 e. The van der Waals surface area contributed by atoms with E-state index in [0.717, 1.165) is 0 Å². The van der Waals surface area contributed by atoms with Crippen LogP contribution in [0, 0.1) is 5.92 Å². The molecule has 64 valence electrons. The van der Waals surface area contributed by atoms with E-state index in [2.05, 4.69) is 5.32 Å². The summed E-state index contributed by atoms with van der Waals surface area (Å²) in [4.78, 5) is 20.9. The Labute approximate surface area is 69.4 Å². The van der Waals surface area contributed by atoms with Crippen molar-refractivity contribution >= 4 is 24.3 Å². The molecule has 5 nitrogen and oxygen atoms in total. The number of nitrogens with two attached hydrogens (primary N) is 1. The van der Waals surface area contributed by atoms with Crippen LogP contribution in [0.4, 0.5) is 0 Å². The molecule has 1 aliphatic heterocycles. The van der Waals surface area contributed by atoms with Gasteiger partial charge in [-0.15, -0.1) is 12.4 Å². The third kappa shape index (κ3) is 1.81. The summed E-state index contributed by atoms with van der Waals surface area (Å²) in [7, 11) is 0. The van der Waals surface area contributed by atoms with Crippen molar-refractivity contribution in [3.05, 3.63) is 0 Å². The highest BCUT2D eigenvalue weighted by Crippen LogP contribution is 2.06. The Morgan fingerprint density at radius 2 is 2.27 bits per heavy atom. The van der Waals surface area contributed by atoms with Crippen molar-refractivity contribution in [2.75, 3.05) is 6.54 Å². The van der Waals surface area contributed by atoms with Gasteiger partial charge in [0.05, 0.1) is 12.0 Å². The van der Waals surface area contributed by atoms with Crippen molar-refractivity contribution in [2.45, 2.75) is 6.04 Å². The van der Waals surface area contributed by atoms with Gasteiger partial charge < -0.3 is 16.2 Å². The third-order valence-electron chi connectivity index (χ3n) is 1.55. The Morgan fingerprint density at radius 3 is 2.45 bits per heavy atom. The molecule has 1 fully saturated rings. The van der Waals surface area contributed by atoms with Crippen LogP contribution in [0.1, 0.15) is 0 Å². The zero-order valence-corrected chi connectivity index (χ0v) is 6.43. The van der Waals surface area contributed by atoms with Crippen LogP contribution in [-0.2, 0) is 9.59 Å². The molecule has 0 bridgehead atoms. The first-order valence-electron chi connectivity index (χ1n) is 2.89. The summed E-state index contributed by atoms with van der Waals surface area (Å²) in [5.74, 6) is -2.16. The van der Waals surface area contributed by atoms with Gasteiger partial charge in [-0.2, -0.15) is 0 Å². The Hall–Kier alpha value is -0.810. The van der Waals surface area contributed by atoms with Crippen LogP contribution in [0.3, 0.4) is 0 Å². The van der Waals surface area contributed by atoms with E-state index in [9.17, 15) is 9.59 Å². The van der Waals surface area contributed by atoms with Gasteiger partial charge in [0.25, 0.3) is 0 Å². The second-order valence-corrected chi connectivity index (χ2v) is 2.22. The highest BCUT2D eigenvalue weighted by atomic mass is 35.5. The number of hydrogen-bond donors (Lipinski definition) is 3. The lowest BCUT2D eigenvalue weighted by Crippen LogP contribution is -2.37. The van der Waals surface area contributed by atoms with Crippen molar-refractivity contribution in [2.24, 2.45) is 11.7 Å². The fourth-order valence-electron chi connectivity index (χ4n) is 0.879. The van der Waals surface area contributed by atoms with Gasteiger partial charge in [0, 0.05) is 6.54 Å². The normalized spacial score (nSPS) is 29.0. The van der Waals surface area contributed by atoms with Gasteiger partial charge in [-0.05, 0) is 0 Å². The Morgan fingerprint density at radius 1 is 1.73 bits per heavy atom. The van der Waals surface area contributed by atoms with Crippen LogP contribution in [-0.4, -0.2) is 29.6 Å². The fraction of sp³-hybridized carbons (Fsp3) is 0.600. The zero-order valence-electron chi connectivity index (χ0n) is 5.61. The number of carboxylic acid groups (broad SMARTS) is 1. The van der Waals surface area contributed by atoms with Gasteiger partial charge in [0.2, 0.25) is 5.91 Å². The molecule has 2 unspecified atom stereocenters. The van der Waals surface area contributed by atoms with Crippen LogP contribution in [0.5, 0.6) is 0 Å². The minimum Gasteiger partial charge on any atom is -0.481 e. The van der Waals surface area contributed by atoms with E-state index in [4.69, 9.17) is 10.8 Å². The molecule has 0 saturated carbocycles. The molecule has 1 amide bonds. The first-order chi connectivity index (χ1) is 4.63. The molecule has 0 radical (unpaired) electrons. The minimum absolute atomic E-state index is 0. The summed E-state index contributed by atoms with van der Waals surface area (Å²) < 4.78 is 0. The van der Waals surface area contributed by atoms with E-state index < -0.39 is 17.9 Å². The number of aliphatic carboxylic acids is 1. The molecule has 2 atom stereocenters. The first kappa shape index (κ1) is 10.2. The summed E-state index contributed by atoms with van der Waals surface area (Å²) in [5, 5.41) is 10.8. The molecule has 1 aliphatic rings.